The zero-order valence-corrected chi connectivity index (χ0v) is 11.6. The van der Waals surface area contributed by atoms with Gasteiger partial charge < -0.3 is 5.73 Å². The summed E-state index contributed by atoms with van der Waals surface area (Å²) in [5.74, 6) is 0. The summed E-state index contributed by atoms with van der Waals surface area (Å²) in [4.78, 5) is 2.42. The maximum absolute atomic E-state index is 5.92. The molecular formula is C13H26N4. The Bertz CT molecular complexity index is 319. The van der Waals surface area contributed by atoms with E-state index < -0.39 is 0 Å². The van der Waals surface area contributed by atoms with E-state index in [1.54, 1.807) is 0 Å². The van der Waals surface area contributed by atoms with Crippen LogP contribution in [0.15, 0.2) is 12.4 Å². The molecule has 1 aromatic rings. The molecule has 4 heteroatoms. The van der Waals surface area contributed by atoms with Gasteiger partial charge >= 0.3 is 0 Å². The molecule has 2 N–H and O–H groups in total. The number of nitrogens with two attached hydrogens (primary N) is 1. The minimum atomic E-state index is 0.299. The number of hydrogen-bond donors (Lipinski definition) is 1. The highest BCUT2D eigenvalue weighted by Crippen LogP contribution is 2.20. The highest BCUT2D eigenvalue weighted by molar-refractivity contribution is 5.11. The van der Waals surface area contributed by atoms with Crippen molar-refractivity contribution in [2.24, 2.45) is 5.73 Å². The first-order chi connectivity index (χ1) is 8.13. The Morgan fingerprint density at radius 1 is 1.41 bits per heavy atom. The summed E-state index contributed by atoms with van der Waals surface area (Å²) >= 11 is 0. The van der Waals surface area contributed by atoms with Gasteiger partial charge in [0, 0.05) is 24.3 Å². The summed E-state index contributed by atoms with van der Waals surface area (Å²) in [5, 5.41) is 4.40. The fourth-order valence-electron chi connectivity index (χ4n) is 2.12. The summed E-state index contributed by atoms with van der Waals surface area (Å²) < 4.78 is 2.00. The van der Waals surface area contributed by atoms with Crippen molar-refractivity contribution in [1.82, 2.24) is 14.7 Å². The zero-order chi connectivity index (χ0) is 12.8. The molecule has 1 unspecified atom stereocenters. The van der Waals surface area contributed by atoms with Crippen molar-refractivity contribution in [3.8, 4) is 0 Å². The molecule has 0 spiro atoms. The van der Waals surface area contributed by atoms with Crippen LogP contribution in [0.2, 0.25) is 0 Å². The third kappa shape index (κ3) is 3.54. The first kappa shape index (κ1) is 14.2. The Balaban J connectivity index is 2.83. The molecule has 1 heterocycles. The Morgan fingerprint density at radius 2 is 2.12 bits per heavy atom. The number of nitrogens with zero attached hydrogens (tertiary/aromatic N) is 3. The average molecular weight is 238 g/mol. The van der Waals surface area contributed by atoms with E-state index in [9.17, 15) is 0 Å². The fraction of sp³-hybridized carbons (Fsp3) is 0.769. The van der Waals surface area contributed by atoms with Gasteiger partial charge in [0.1, 0.15) is 0 Å². The van der Waals surface area contributed by atoms with Gasteiger partial charge in [-0.2, -0.15) is 5.10 Å². The molecule has 17 heavy (non-hydrogen) atoms. The Hall–Kier alpha value is -0.870. The molecule has 1 rings (SSSR count). The van der Waals surface area contributed by atoms with Gasteiger partial charge in [0.2, 0.25) is 0 Å². The van der Waals surface area contributed by atoms with Crippen LogP contribution in [-0.2, 0) is 0 Å². The van der Waals surface area contributed by atoms with Crippen molar-refractivity contribution in [1.29, 1.82) is 0 Å². The number of likely N-dealkylation sites (N-methyl/N-ethyl adjacent to an activating group) is 1. The largest absolute Gasteiger partial charge is 0.329 e. The first-order valence-corrected chi connectivity index (χ1v) is 6.62. The maximum Gasteiger partial charge on any atom is 0.0538 e. The lowest BCUT2D eigenvalue weighted by molar-refractivity contribution is 0.212. The van der Waals surface area contributed by atoms with E-state index in [1.165, 1.54) is 5.56 Å². The molecule has 0 aliphatic carbocycles. The van der Waals surface area contributed by atoms with E-state index in [0.717, 1.165) is 19.5 Å². The summed E-state index contributed by atoms with van der Waals surface area (Å²) in [6.45, 7) is 11.4. The van der Waals surface area contributed by atoms with Crippen LogP contribution in [0, 0.1) is 0 Å². The van der Waals surface area contributed by atoms with Crippen LogP contribution in [-0.4, -0.2) is 34.3 Å². The summed E-state index contributed by atoms with van der Waals surface area (Å²) in [6.07, 6.45) is 5.24. The second kappa shape index (κ2) is 6.77. The molecule has 0 aliphatic rings. The van der Waals surface area contributed by atoms with Crippen molar-refractivity contribution in [2.75, 3.05) is 19.6 Å². The maximum atomic E-state index is 5.92. The SMILES string of the molecule is CCCN(CC)C(CN)c1cnn(C(C)C)c1. The van der Waals surface area contributed by atoms with E-state index in [0.29, 0.717) is 18.6 Å². The second-order valence-corrected chi connectivity index (χ2v) is 4.73. The summed E-state index contributed by atoms with van der Waals surface area (Å²) in [6, 6.07) is 0.705. The lowest BCUT2D eigenvalue weighted by Gasteiger charge is -2.28. The van der Waals surface area contributed by atoms with E-state index >= 15 is 0 Å². The molecular weight excluding hydrogens is 212 g/mol. The van der Waals surface area contributed by atoms with Crippen LogP contribution < -0.4 is 5.73 Å². The topological polar surface area (TPSA) is 47.1 Å². The predicted octanol–water partition coefficient (Wildman–Crippen LogP) is 2.20. The van der Waals surface area contributed by atoms with E-state index in [1.807, 2.05) is 10.9 Å². The summed E-state index contributed by atoms with van der Waals surface area (Å²) in [5.41, 5.74) is 7.15. The van der Waals surface area contributed by atoms with Crippen LogP contribution in [0.4, 0.5) is 0 Å². The average Bonchev–Trinajstić information content (AvgIpc) is 2.78. The zero-order valence-electron chi connectivity index (χ0n) is 11.6. The normalized spacial score (nSPS) is 13.6. The number of hydrogen-bond acceptors (Lipinski definition) is 3. The minimum absolute atomic E-state index is 0.299. The lowest BCUT2D eigenvalue weighted by atomic mass is 10.1. The molecule has 0 fully saturated rings. The number of rotatable bonds is 7. The van der Waals surface area contributed by atoms with Gasteiger partial charge in [0.15, 0.2) is 0 Å². The van der Waals surface area contributed by atoms with Crippen molar-refractivity contribution >= 4 is 0 Å². The molecule has 0 bridgehead atoms. The Morgan fingerprint density at radius 3 is 2.53 bits per heavy atom. The molecule has 0 aliphatic heterocycles. The lowest BCUT2D eigenvalue weighted by Crippen LogP contribution is -2.34. The van der Waals surface area contributed by atoms with Crippen LogP contribution >= 0.6 is 0 Å². The van der Waals surface area contributed by atoms with Crippen LogP contribution in [0.5, 0.6) is 0 Å². The second-order valence-electron chi connectivity index (χ2n) is 4.73. The third-order valence-electron chi connectivity index (χ3n) is 3.12. The number of aromatic nitrogens is 2. The van der Waals surface area contributed by atoms with Gasteiger partial charge in [-0.1, -0.05) is 13.8 Å². The monoisotopic (exact) mass is 238 g/mol. The highest BCUT2D eigenvalue weighted by Gasteiger charge is 2.18. The third-order valence-corrected chi connectivity index (χ3v) is 3.12. The minimum Gasteiger partial charge on any atom is -0.329 e. The quantitative estimate of drug-likeness (QED) is 0.792. The molecule has 0 saturated heterocycles. The molecule has 4 nitrogen and oxygen atoms in total. The highest BCUT2D eigenvalue weighted by atomic mass is 15.3. The molecule has 0 radical (unpaired) electrons. The standard InChI is InChI=1S/C13H26N4/c1-5-7-16(6-2)13(8-14)12-9-15-17(10-12)11(3)4/h9-11,13H,5-8,14H2,1-4H3. The summed E-state index contributed by atoms with van der Waals surface area (Å²) in [7, 11) is 0. The van der Waals surface area contributed by atoms with Crippen LogP contribution in [0.25, 0.3) is 0 Å². The molecule has 1 aromatic heterocycles. The van der Waals surface area contributed by atoms with Gasteiger partial charge in [-0.25, -0.2) is 0 Å². The molecule has 1 atom stereocenters. The van der Waals surface area contributed by atoms with E-state index in [-0.39, 0.29) is 0 Å². The molecule has 0 amide bonds. The molecule has 98 valence electrons. The van der Waals surface area contributed by atoms with Crippen molar-refractivity contribution in [3.05, 3.63) is 18.0 Å². The Kier molecular flexibility index (Phi) is 5.65. The van der Waals surface area contributed by atoms with Crippen LogP contribution in [0.1, 0.15) is 51.8 Å². The van der Waals surface area contributed by atoms with Crippen LogP contribution in [0.3, 0.4) is 0 Å². The van der Waals surface area contributed by atoms with Gasteiger partial charge in [-0.3, -0.25) is 9.58 Å². The van der Waals surface area contributed by atoms with E-state index in [4.69, 9.17) is 5.73 Å². The van der Waals surface area contributed by atoms with Crippen molar-refractivity contribution in [3.63, 3.8) is 0 Å². The Labute approximate surface area is 105 Å². The van der Waals surface area contributed by atoms with Crippen molar-refractivity contribution < 1.29 is 0 Å². The molecule has 0 aromatic carbocycles. The van der Waals surface area contributed by atoms with E-state index in [2.05, 4.69) is 43.9 Å². The van der Waals surface area contributed by atoms with Gasteiger partial charge in [-0.05, 0) is 33.4 Å². The predicted molar refractivity (Wildman–Crippen MR) is 71.9 cm³/mol. The van der Waals surface area contributed by atoms with Gasteiger partial charge in [0.25, 0.3) is 0 Å². The van der Waals surface area contributed by atoms with Gasteiger partial charge in [0.05, 0.1) is 12.2 Å². The molecule has 0 saturated carbocycles. The van der Waals surface area contributed by atoms with Gasteiger partial charge in [-0.15, -0.1) is 0 Å². The fourth-order valence-corrected chi connectivity index (χ4v) is 2.12. The van der Waals surface area contributed by atoms with Crippen molar-refractivity contribution in [2.45, 2.75) is 46.2 Å². The first-order valence-electron chi connectivity index (χ1n) is 6.62. The smallest absolute Gasteiger partial charge is 0.0538 e.